The predicted molar refractivity (Wildman–Crippen MR) is 141 cm³/mol. The van der Waals surface area contributed by atoms with Crippen LogP contribution in [0.1, 0.15) is 27.5 Å². The lowest BCUT2D eigenvalue weighted by atomic mass is 10.0. The Bertz CT molecular complexity index is 1320. The number of hydrogen-bond donors (Lipinski definition) is 1. The van der Waals surface area contributed by atoms with Gasteiger partial charge in [0.25, 0.3) is 5.69 Å². The smallest absolute Gasteiger partial charge is 0.269 e. The molecule has 0 spiro atoms. The molecule has 0 saturated carbocycles. The molecule has 0 aliphatic carbocycles. The third kappa shape index (κ3) is 4.54. The summed E-state index contributed by atoms with van der Waals surface area (Å²) in [6.45, 7) is 2.11. The van der Waals surface area contributed by atoms with Crippen LogP contribution in [0.5, 0.6) is 0 Å². The van der Waals surface area contributed by atoms with Crippen molar-refractivity contribution in [1.29, 1.82) is 0 Å². The van der Waals surface area contributed by atoms with Crippen molar-refractivity contribution in [3.63, 3.8) is 0 Å². The summed E-state index contributed by atoms with van der Waals surface area (Å²) < 4.78 is 0. The van der Waals surface area contributed by atoms with Crippen LogP contribution in [0.4, 0.5) is 11.4 Å². The van der Waals surface area contributed by atoms with Crippen molar-refractivity contribution in [2.45, 2.75) is 28.8 Å². The van der Waals surface area contributed by atoms with Crippen LogP contribution in [0.3, 0.4) is 0 Å². The van der Waals surface area contributed by atoms with Crippen LogP contribution in [-0.2, 0) is 0 Å². The van der Waals surface area contributed by atoms with Crippen molar-refractivity contribution in [3.8, 4) is 0 Å². The third-order valence-electron chi connectivity index (χ3n) is 5.55. The van der Waals surface area contributed by atoms with Gasteiger partial charge in [0, 0.05) is 43.6 Å². The number of pyridine rings is 1. The Morgan fingerprint density at radius 3 is 2.32 bits per heavy atom. The SMILES string of the molecule is Cc1ccc([C@H]2[C@H](c3ccccn3)NC(=S)N2c2ccc(Sc3ccc([N+](=O)[O-])cc3)cc2)s1. The second kappa shape index (κ2) is 9.54. The van der Waals surface area contributed by atoms with Gasteiger partial charge in [-0.3, -0.25) is 15.1 Å². The van der Waals surface area contributed by atoms with Crippen LogP contribution in [0.2, 0.25) is 0 Å². The highest BCUT2D eigenvalue weighted by atomic mass is 32.2. The zero-order chi connectivity index (χ0) is 23.7. The number of nitro benzene ring substituents is 1. The lowest BCUT2D eigenvalue weighted by molar-refractivity contribution is -0.384. The summed E-state index contributed by atoms with van der Waals surface area (Å²) in [5.41, 5.74) is 2.04. The molecular weight excluding hydrogens is 485 g/mol. The maximum Gasteiger partial charge on any atom is 0.269 e. The summed E-state index contributed by atoms with van der Waals surface area (Å²) in [6.07, 6.45) is 1.81. The van der Waals surface area contributed by atoms with Crippen LogP contribution >= 0.6 is 35.3 Å². The highest BCUT2D eigenvalue weighted by Crippen LogP contribution is 2.44. The summed E-state index contributed by atoms with van der Waals surface area (Å²) >= 11 is 9.12. The van der Waals surface area contributed by atoms with E-state index in [1.165, 1.54) is 21.9 Å². The van der Waals surface area contributed by atoms with Gasteiger partial charge in [0.2, 0.25) is 0 Å². The van der Waals surface area contributed by atoms with Crippen molar-refractivity contribution in [2.24, 2.45) is 0 Å². The topological polar surface area (TPSA) is 71.3 Å². The Morgan fingerprint density at radius 2 is 1.74 bits per heavy atom. The van der Waals surface area contributed by atoms with Gasteiger partial charge in [-0.2, -0.15) is 0 Å². The Morgan fingerprint density at radius 1 is 1.03 bits per heavy atom. The second-order valence-corrected chi connectivity index (χ2v) is 10.6. The van der Waals surface area contributed by atoms with E-state index in [0.717, 1.165) is 21.2 Å². The maximum atomic E-state index is 10.9. The van der Waals surface area contributed by atoms with Gasteiger partial charge in [-0.1, -0.05) is 17.8 Å². The van der Waals surface area contributed by atoms with Gasteiger partial charge in [-0.15, -0.1) is 11.3 Å². The standard InChI is InChI=1S/C25H20N4O2S3/c1-16-5-14-22(33-16)24-23(21-4-2-3-15-26-21)27-25(32)28(24)17-6-10-19(11-7-17)34-20-12-8-18(9-13-20)29(30)31/h2-15,23-24H,1H3,(H,27,32)/t23-,24-/m0/s1. The summed E-state index contributed by atoms with van der Waals surface area (Å²) in [5, 5.41) is 15.0. The molecule has 0 amide bonds. The summed E-state index contributed by atoms with van der Waals surface area (Å²) in [7, 11) is 0. The van der Waals surface area contributed by atoms with Crippen molar-refractivity contribution in [3.05, 3.63) is 111 Å². The van der Waals surface area contributed by atoms with Gasteiger partial charge >= 0.3 is 0 Å². The molecule has 1 aliphatic rings. The summed E-state index contributed by atoms with van der Waals surface area (Å²) in [4.78, 5) is 21.7. The molecule has 34 heavy (non-hydrogen) atoms. The zero-order valence-electron chi connectivity index (χ0n) is 18.1. The van der Waals surface area contributed by atoms with Crippen molar-refractivity contribution < 1.29 is 4.92 Å². The predicted octanol–water partition coefficient (Wildman–Crippen LogP) is 6.69. The molecule has 170 valence electrons. The molecule has 9 heteroatoms. The number of hydrogen-bond acceptors (Lipinski definition) is 6. The van der Waals surface area contributed by atoms with Crippen molar-refractivity contribution in [1.82, 2.24) is 10.3 Å². The van der Waals surface area contributed by atoms with E-state index in [4.69, 9.17) is 12.2 Å². The molecule has 2 aromatic heterocycles. The number of thiocarbonyl (C=S) groups is 1. The van der Waals surface area contributed by atoms with Crippen molar-refractivity contribution >= 4 is 51.8 Å². The molecule has 2 atom stereocenters. The molecule has 1 saturated heterocycles. The maximum absolute atomic E-state index is 10.9. The normalized spacial score (nSPS) is 17.6. The number of rotatable bonds is 6. The fourth-order valence-electron chi connectivity index (χ4n) is 3.98. The first-order valence-corrected chi connectivity index (χ1v) is 12.6. The molecule has 1 N–H and O–H groups in total. The zero-order valence-corrected chi connectivity index (χ0v) is 20.6. The van der Waals surface area contributed by atoms with Crippen LogP contribution in [-0.4, -0.2) is 15.0 Å². The minimum absolute atomic E-state index is 0.00530. The van der Waals surface area contributed by atoms with Gasteiger partial charge in [-0.05, 0) is 79.8 Å². The van der Waals surface area contributed by atoms with Gasteiger partial charge in [0.05, 0.1) is 22.7 Å². The molecule has 2 aromatic carbocycles. The molecule has 3 heterocycles. The van der Waals surface area contributed by atoms with Crippen LogP contribution < -0.4 is 10.2 Å². The highest BCUT2D eigenvalue weighted by molar-refractivity contribution is 7.99. The van der Waals surface area contributed by atoms with Gasteiger partial charge in [0.15, 0.2) is 5.11 Å². The quantitative estimate of drug-likeness (QED) is 0.178. The van der Waals surface area contributed by atoms with Crippen molar-refractivity contribution in [2.75, 3.05) is 4.90 Å². The van der Waals surface area contributed by atoms with E-state index >= 15 is 0 Å². The Balaban J connectivity index is 1.43. The van der Waals surface area contributed by atoms with E-state index in [9.17, 15) is 10.1 Å². The molecule has 4 aromatic rings. The first kappa shape index (κ1) is 22.5. The molecule has 0 radical (unpaired) electrons. The van der Waals surface area contributed by atoms with E-state index in [2.05, 4.69) is 58.5 Å². The number of nitrogens with one attached hydrogen (secondary N) is 1. The van der Waals surface area contributed by atoms with E-state index in [0.29, 0.717) is 5.11 Å². The lowest BCUT2D eigenvalue weighted by Gasteiger charge is -2.27. The number of non-ortho nitro benzene ring substituents is 1. The molecule has 0 unspecified atom stereocenters. The number of nitrogens with zero attached hydrogens (tertiary/aromatic N) is 3. The molecular formula is C25H20N4O2S3. The molecule has 6 nitrogen and oxygen atoms in total. The Kier molecular flexibility index (Phi) is 6.32. The average molecular weight is 505 g/mol. The van der Waals surface area contributed by atoms with Gasteiger partial charge in [-0.25, -0.2) is 0 Å². The van der Waals surface area contributed by atoms with E-state index in [1.807, 2.05) is 24.4 Å². The van der Waals surface area contributed by atoms with Crippen LogP contribution in [0.15, 0.2) is 94.9 Å². The third-order valence-corrected chi connectivity index (χ3v) is 7.95. The Hall–Kier alpha value is -3.27. The number of thiophene rings is 1. The van der Waals surface area contributed by atoms with Crippen LogP contribution in [0, 0.1) is 17.0 Å². The number of aromatic nitrogens is 1. The van der Waals surface area contributed by atoms with Gasteiger partial charge < -0.3 is 10.2 Å². The fourth-order valence-corrected chi connectivity index (χ4v) is 6.15. The number of aryl methyl sites for hydroxylation is 1. The van der Waals surface area contributed by atoms with E-state index in [-0.39, 0.29) is 22.7 Å². The number of benzene rings is 2. The van der Waals surface area contributed by atoms with E-state index < -0.39 is 0 Å². The first-order chi connectivity index (χ1) is 16.5. The molecule has 0 bridgehead atoms. The highest BCUT2D eigenvalue weighted by Gasteiger charge is 2.41. The average Bonchev–Trinajstić information content (AvgIpc) is 3.43. The van der Waals surface area contributed by atoms with Crippen LogP contribution in [0.25, 0.3) is 0 Å². The molecule has 1 fully saturated rings. The first-order valence-electron chi connectivity index (χ1n) is 10.6. The number of nitro groups is 1. The molecule has 5 rings (SSSR count). The van der Waals surface area contributed by atoms with E-state index in [1.54, 1.807) is 35.2 Å². The minimum atomic E-state index is -0.389. The lowest BCUT2D eigenvalue weighted by Crippen LogP contribution is -2.29. The van der Waals surface area contributed by atoms with Gasteiger partial charge in [0.1, 0.15) is 0 Å². The minimum Gasteiger partial charge on any atom is -0.351 e. The number of anilines is 1. The fraction of sp³-hybridized carbons (Fsp3) is 0.120. The Labute approximate surface area is 210 Å². The monoisotopic (exact) mass is 504 g/mol. The molecule has 1 aliphatic heterocycles. The summed E-state index contributed by atoms with van der Waals surface area (Å²) in [5.74, 6) is 0. The second-order valence-electron chi connectivity index (χ2n) is 7.79. The largest absolute Gasteiger partial charge is 0.351 e. The summed E-state index contributed by atoms with van der Waals surface area (Å²) in [6, 6.07) is 25.0.